The molecule has 0 fully saturated rings. The topological polar surface area (TPSA) is 40.6 Å². The lowest BCUT2D eigenvalue weighted by molar-refractivity contribution is -0.285. The Morgan fingerprint density at radius 1 is 0.636 bits per heavy atom. The zero-order valence-electron chi connectivity index (χ0n) is 17.3. The maximum absolute atomic E-state index is 14.8. The fourth-order valence-corrected chi connectivity index (χ4v) is 4.29. The van der Waals surface area contributed by atoms with Gasteiger partial charge in [-0.05, 0) is 48.9 Å². The summed E-state index contributed by atoms with van der Waals surface area (Å²) >= 11 is 0. The summed E-state index contributed by atoms with van der Waals surface area (Å²) in [5.74, 6) is -22.8. The first-order valence-corrected chi connectivity index (χ1v) is 10.4. The number of halogens is 6. The molecule has 2 aliphatic heterocycles. The van der Waals surface area contributed by atoms with Crippen LogP contribution in [-0.4, -0.2) is 42.7 Å². The fourth-order valence-electron chi connectivity index (χ4n) is 4.29. The number of carbonyl (C=O) groups is 2. The van der Waals surface area contributed by atoms with Gasteiger partial charge in [-0.2, -0.15) is 26.3 Å². The zero-order chi connectivity index (χ0) is 24.0. The highest BCUT2D eigenvalue weighted by atomic mass is 19.3. The van der Waals surface area contributed by atoms with Gasteiger partial charge in [-0.25, -0.2) is 0 Å². The molecule has 0 atom stereocenters. The summed E-state index contributed by atoms with van der Waals surface area (Å²) in [4.78, 5) is 25.8. The van der Waals surface area contributed by atoms with Crippen LogP contribution in [0.1, 0.15) is 24.0 Å². The average Bonchev–Trinajstić information content (AvgIpc) is 2.82. The molecule has 2 amide bonds. The van der Waals surface area contributed by atoms with Crippen molar-refractivity contribution in [2.45, 2.75) is 43.5 Å². The highest BCUT2D eigenvalue weighted by Crippen LogP contribution is 2.49. The molecule has 0 bridgehead atoms. The number of rotatable bonds is 4. The Kier molecular flexibility index (Phi) is 5.66. The fraction of sp³-hybridized carbons (Fsp3) is 0.391. The third kappa shape index (κ3) is 3.55. The quantitative estimate of drug-likeness (QED) is 0.600. The van der Waals surface area contributed by atoms with Crippen molar-refractivity contribution in [3.8, 4) is 0 Å². The number of fused-ring (bicyclic) bond motifs is 2. The van der Waals surface area contributed by atoms with Gasteiger partial charge in [-0.1, -0.05) is 36.4 Å². The molecule has 2 aromatic carbocycles. The summed E-state index contributed by atoms with van der Waals surface area (Å²) in [6, 6.07) is 11.7. The summed E-state index contributed by atoms with van der Waals surface area (Å²) in [7, 11) is 0. The molecule has 0 unspecified atom stereocenters. The molecular formula is C23H20F6N2O2. The highest BCUT2D eigenvalue weighted by Gasteiger charge is 2.79. The van der Waals surface area contributed by atoms with Gasteiger partial charge in [0.1, 0.15) is 0 Å². The van der Waals surface area contributed by atoms with Crippen LogP contribution in [0.15, 0.2) is 48.5 Å². The molecule has 0 saturated carbocycles. The first kappa shape index (κ1) is 23.1. The predicted octanol–water partition coefficient (Wildman–Crippen LogP) is 4.85. The Bertz CT molecular complexity index is 1000. The second-order valence-electron chi connectivity index (χ2n) is 8.10. The number of amides is 2. The summed E-state index contributed by atoms with van der Waals surface area (Å²) < 4.78 is 88.7. The Labute approximate surface area is 185 Å². The lowest BCUT2D eigenvalue weighted by Gasteiger charge is -2.38. The SMILES string of the molecule is O=C(N1CCCc2ccccc21)C(F)(F)C(F)(F)C(F)(F)C(=O)N1CCCc2ccccc21. The minimum absolute atomic E-state index is 0.0381. The number of para-hydroxylation sites is 2. The van der Waals surface area contributed by atoms with Crippen LogP contribution >= 0.6 is 0 Å². The van der Waals surface area contributed by atoms with Gasteiger partial charge < -0.3 is 9.80 Å². The van der Waals surface area contributed by atoms with Crippen LogP contribution in [0, 0.1) is 0 Å². The number of alkyl halides is 6. The van der Waals surface area contributed by atoms with Crippen molar-refractivity contribution >= 4 is 23.2 Å². The lowest BCUT2D eigenvalue weighted by atomic mass is 9.96. The average molecular weight is 470 g/mol. The van der Waals surface area contributed by atoms with E-state index in [1.54, 1.807) is 12.1 Å². The van der Waals surface area contributed by atoms with E-state index in [0.717, 1.165) is 0 Å². The molecule has 0 saturated heterocycles. The Balaban J connectivity index is 1.66. The molecule has 10 heteroatoms. The first-order valence-electron chi connectivity index (χ1n) is 10.4. The summed E-state index contributed by atoms with van der Waals surface area (Å²) in [6.45, 7) is -0.666. The number of benzene rings is 2. The number of anilines is 2. The van der Waals surface area contributed by atoms with Gasteiger partial charge in [-0.15, -0.1) is 0 Å². The van der Waals surface area contributed by atoms with Crippen LogP contribution < -0.4 is 9.80 Å². The molecule has 0 radical (unpaired) electrons. The van der Waals surface area contributed by atoms with Gasteiger partial charge in [0.15, 0.2) is 0 Å². The van der Waals surface area contributed by atoms with Gasteiger partial charge in [0.05, 0.1) is 0 Å². The summed E-state index contributed by atoms with van der Waals surface area (Å²) in [6.07, 6.45) is 1.24. The van der Waals surface area contributed by atoms with E-state index in [0.29, 0.717) is 33.8 Å². The van der Waals surface area contributed by atoms with E-state index >= 15 is 0 Å². The van der Waals surface area contributed by atoms with Crippen LogP contribution in [0.2, 0.25) is 0 Å². The van der Waals surface area contributed by atoms with Crippen LogP contribution in [0.3, 0.4) is 0 Å². The van der Waals surface area contributed by atoms with E-state index in [9.17, 15) is 35.9 Å². The van der Waals surface area contributed by atoms with E-state index in [2.05, 4.69) is 0 Å². The van der Waals surface area contributed by atoms with E-state index in [1.165, 1.54) is 36.4 Å². The third-order valence-corrected chi connectivity index (χ3v) is 6.04. The number of aryl methyl sites for hydroxylation is 2. The minimum Gasteiger partial charge on any atom is -0.307 e. The van der Waals surface area contributed by atoms with Crippen molar-refractivity contribution < 1.29 is 35.9 Å². The monoisotopic (exact) mass is 470 g/mol. The maximum Gasteiger partial charge on any atom is 0.393 e. The molecule has 0 spiro atoms. The van der Waals surface area contributed by atoms with Gasteiger partial charge in [0, 0.05) is 24.5 Å². The molecule has 0 N–H and O–H groups in total. The molecule has 2 aliphatic rings. The number of hydrogen-bond acceptors (Lipinski definition) is 2. The van der Waals surface area contributed by atoms with E-state index in [4.69, 9.17) is 0 Å². The smallest absolute Gasteiger partial charge is 0.307 e. The number of carbonyl (C=O) groups excluding carboxylic acids is 2. The standard InChI is InChI=1S/C23H20F6N2O2/c24-21(25,19(32)30-13-5-9-15-7-1-3-11-17(15)30)23(28,29)22(26,27)20(33)31-14-6-10-16-8-2-4-12-18(16)31/h1-4,7-8,11-12H,5-6,9-10,13-14H2. The Morgan fingerprint density at radius 2 is 1.00 bits per heavy atom. The van der Waals surface area contributed by atoms with Crippen molar-refractivity contribution in [2.24, 2.45) is 0 Å². The van der Waals surface area contributed by atoms with E-state index < -0.39 is 29.6 Å². The van der Waals surface area contributed by atoms with Gasteiger partial charge in [0.2, 0.25) is 0 Å². The Morgan fingerprint density at radius 3 is 1.39 bits per heavy atom. The van der Waals surface area contributed by atoms with Crippen LogP contribution in [-0.2, 0) is 22.4 Å². The molecule has 4 rings (SSSR count). The third-order valence-electron chi connectivity index (χ3n) is 6.04. The number of nitrogens with zero attached hydrogens (tertiary/aromatic N) is 2. The zero-order valence-corrected chi connectivity index (χ0v) is 17.3. The molecule has 2 aromatic rings. The van der Waals surface area contributed by atoms with Crippen LogP contribution in [0.5, 0.6) is 0 Å². The molecule has 2 heterocycles. The summed E-state index contributed by atoms with van der Waals surface area (Å²) in [5, 5.41) is 0. The van der Waals surface area contributed by atoms with Crippen LogP contribution in [0.25, 0.3) is 0 Å². The van der Waals surface area contributed by atoms with Crippen molar-refractivity contribution in [3.05, 3.63) is 59.7 Å². The molecule has 33 heavy (non-hydrogen) atoms. The molecule has 0 aromatic heterocycles. The summed E-state index contributed by atoms with van der Waals surface area (Å²) in [5.41, 5.74) is 0.848. The number of hydrogen-bond donors (Lipinski definition) is 0. The maximum atomic E-state index is 14.8. The van der Waals surface area contributed by atoms with E-state index in [-0.39, 0.29) is 37.3 Å². The molecule has 4 nitrogen and oxygen atoms in total. The van der Waals surface area contributed by atoms with Crippen molar-refractivity contribution in [1.29, 1.82) is 0 Å². The van der Waals surface area contributed by atoms with E-state index in [1.807, 2.05) is 0 Å². The predicted molar refractivity (Wildman–Crippen MR) is 109 cm³/mol. The first-order chi connectivity index (χ1) is 15.5. The molecule has 176 valence electrons. The van der Waals surface area contributed by atoms with Crippen LogP contribution in [0.4, 0.5) is 37.7 Å². The van der Waals surface area contributed by atoms with Gasteiger partial charge in [-0.3, -0.25) is 9.59 Å². The molecule has 0 aliphatic carbocycles. The molecular weight excluding hydrogens is 450 g/mol. The highest BCUT2D eigenvalue weighted by molar-refractivity contribution is 6.04. The Hall–Kier alpha value is -3.04. The van der Waals surface area contributed by atoms with Crippen molar-refractivity contribution in [2.75, 3.05) is 22.9 Å². The minimum atomic E-state index is -6.26. The van der Waals surface area contributed by atoms with Crippen molar-refractivity contribution in [1.82, 2.24) is 0 Å². The van der Waals surface area contributed by atoms with Gasteiger partial charge >= 0.3 is 29.6 Å². The normalized spacial score (nSPS) is 16.8. The van der Waals surface area contributed by atoms with Crippen molar-refractivity contribution in [3.63, 3.8) is 0 Å². The second-order valence-corrected chi connectivity index (χ2v) is 8.10. The lowest BCUT2D eigenvalue weighted by Crippen LogP contribution is -2.66. The largest absolute Gasteiger partial charge is 0.393 e. The van der Waals surface area contributed by atoms with Gasteiger partial charge in [0.25, 0.3) is 0 Å². The second kappa shape index (κ2) is 8.07.